The number of hydrogen-bond acceptors (Lipinski definition) is 0. The largest absolute Gasteiger partial charge is 0.762 e. The fourth-order valence-corrected chi connectivity index (χ4v) is 0.136. The molecule has 0 amide bonds. The Labute approximate surface area is 56.7 Å². The Morgan fingerprint density at radius 2 is 1.78 bits per heavy atom. The summed E-state index contributed by atoms with van der Waals surface area (Å²) in [6, 6.07) is 0. The fourth-order valence-electron chi connectivity index (χ4n) is 0.136. The molecule has 0 aliphatic heterocycles. The van der Waals surface area contributed by atoms with Crippen molar-refractivity contribution >= 4 is 29.5 Å². The second kappa shape index (κ2) is 10.9. The molecule has 0 aliphatic rings. The maximum atomic E-state index is 9.67. The molecule has 0 bridgehead atoms. The van der Waals surface area contributed by atoms with Crippen LogP contribution in [0.4, 0.5) is 12.9 Å². The highest BCUT2D eigenvalue weighted by Gasteiger charge is 2.06. The molecule has 0 N–H and O–H groups in total. The van der Waals surface area contributed by atoms with E-state index in [0.29, 0.717) is 0 Å². The van der Waals surface area contributed by atoms with Crippen molar-refractivity contribution in [3.8, 4) is 0 Å². The standard InChI is InChI=1S/C2H5B3.BF3/c1-2-4-5-3;2-1(3)4/h2H2,1H3;. The summed E-state index contributed by atoms with van der Waals surface area (Å²) in [5, 5.41) is 0. The van der Waals surface area contributed by atoms with Crippen molar-refractivity contribution in [2.75, 3.05) is 0 Å². The fraction of sp³-hybridized carbons (Fsp3) is 1.00. The lowest BCUT2D eigenvalue weighted by Gasteiger charge is -1.74. The zero-order valence-electron chi connectivity index (χ0n) is 5.15. The maximum absolute atomic E-state index is 9.67. The van der Waals surface area contributed by atoms with Gasteiger partial charge >= 0.3 is 7.54 Å². The van der Waals surface area contributed by atoms with Crippen LogP contribution in [0.1, 0.15) is 6.92 Å². The van der Waals surface area contributed by atoms with Crippen LogP contribution >= 0.6 is 0 Å². The van der Waals surface area contributed by atoms with Gasteiger partial charge in [0.15, 0.2) is 0 Å². The minimum Gasteiger partial charge on any atom is -0.254 e. The van der Waals surface area contributed by atoms with Gasteiger partial charge in [-0.3, -0.25) is 12.9 Å². The maximum Gasteiger partial charge on any atom is 0.762 e. The minimum absolute atomic E-state index is 1.04. The highest BCUT2D eigenvalue weighted by atomic mass is 19.4. The van der Waals surface area contributed by atoms with Crippen LogP contribution in [0.3, 0.4) is 0 Å². The Balaban J connectivity index is 0. The number of halogens is 3. The highest BCUT2D eigenvalue weighted by Crippen LogP contribution is 1.80. The SMILES string of the molecule is FB(F)F.[B][B][B]CC. The van der Waals surface area contributed by atoms with Gasteiger partial charge in [0, 0.05) is 14.8 Å². The van der Waals surface area contributed by atoms with Gasteiger partial charge in [-0.25, -0.2) is 0 Å². The van der Waals surface area contributed by atoms with E-state index in [4.69, 9.17) is 7.74 Å². The van der Waals surface area contributed by atoms with Gasteiger partial charge in [-0.15, -0.1) is 0 Å². The van der Waals surface area contributed by atoms with Crippen LogP contribution in [0, 0.1) is 0 Å². The lowest BCUT2D eigenvalue weighted by molar-refractivity contribution is 0.535. The van der Waals surface area contributed by atoms with Crippen LogP contribution in [-0.2, 0) is 0 Å². The molecule has 7 heteroatoms. The van der Waals surface area contributed by atoms with Crippen LogP contribution in [0.15, 0.2) is 0 Å². The summed E-state index contributed by atoms with van der Waals surface area (Å²) < 4.78 is 29.0. The molecule has 0 aromatic carbocycles. The first kappa shape index (κ1) is 11.8. The molecule has 0 fully saturated rings. The first-order valence-electron chi connectivity index (χ1n) is 2.44. The van der Waals surface area contributed by atoms with E-state index in [0.717, 1.165) is 6.32 Å². The molecule has 0 atom stereocenters. The van der Waals surface area contributed by atoms with Crippen molar-refractivity contribution in [3.63, 3.8) is 0 Å². The van der Waals surface area contributed by atoms with E-state index in [2.05, 4.69) is 0 Å². The molecule has 46 valence electrons. The topological polar surface area (TPSA) is 0 Å². The average Bonchev–Trinajstić information content (AvgIpc) is 1.66. The minimum atomic E-state index is -3.67. The zero-order valence-corrected chi connectivity index (χ0v) is 5.15. The molecule has 4 radical (unpaired) electrons. The van der Waals surface area contributed by atoms with E-state index in [1.54, 1.807) is 7.06 Å². The second-order valence-corrected chi connectivity index (χ2v) is 1.08. The lowest BCUT2D eigenvalue weighted by Crippen LogP contribution is -1.98. The summed E-state index contributed by atoms with van der Waals surface area (Å²) in [5.41, 5.74) is 0. The monoisotopic (exact) mass is 130 g/mol. The Morgan fingerprint density at radius 3 is 1.78 bits per heavy atom. The summed E-state index contributed by atoms with van der Waals surface area (Å²) in [6.45, 7) is 2.04. The molecule has 0 saturated heterocycles. The van der Waals surface area contributed by atoms with E-state index in [1.165, 1.54) is 0 Å². The Kier molecular flexibility index (Phi) is 14.3. The van der Waals surface area contributed by atoms with Gasteiger partial charge < -0.3 is 0 Å². The summed E-state index contributed by atoms with van der Waals surface area (Å²) in [5.74, 6) is 0. The van der Waals surface area contributed by atoms with Crippen molar-refractivity contribution in [1.29, 1.82) is 0 Å². The zero-order chi connectivity index (χ0) is 7.70. The van der Waals surface area contributed by atoms with Gasteiger partial charge in [0.1, 0.15) is 0 Å². The molecular formula is C2H5B4F3. The van der Waals surface area contributed by atoms with Gasteiger partial charge in [0.25, 0.3) is 0 Å². The van der Waals surface area contributed by atoms with E-state index >= 15 is 0 Å². The molecule has 0 heterocycles. The average molecular weight is 129 g/mol. The van der Waals surface area contributed by atoms with Crippen molar-refractivity contribution in [2.24, 2.45) is 0 Å². The number of hydrogen-bond donors (Lipinski definition) is 0. The summed E-state index contributed by atoms with van der Waals surface area (Å²) in [7, 11) is 4.75. The smallest absolute Gasteiger partial charge is 0.254 e. The van der Waals surface area contributed by atoms with Gasteiger partial charge in [-0.2, -0.15) is 0 Å². The summed E-state index contributed by atoms with van der Waals surface area (Å²) in [6.07, 6.45) is 1.04. The van der Waals surface area contributed by atoms with Crippen molar-refractivity contribution in [1.82, 2.24) is 0 Å². The van der Waals surface area contributed by atoms with Gasteiger partial charge in [0.05, 0.1) is 7.17 Å². The predicted molar refractivity (Wildman–Crippen MR) is 36.8 cm³/mol. The van der Waals surface area contributed by atoms with E-state index in [-0.39, 0.29) is 0 Å². The Morgan fingerprint density at radius 1 is 1.44 bits per heavy atom. The van der Waals surface area contributed by atoms with E-state index in [1.807, 2.05) is 14.1 Å². The quantitative estimate of drug-likeness (QED) is 0.482. The normalized spacial score (nSPS) is 6.67. The van der Waals surface area contributed by atoms with Crippen molar-refractivity contribution in [3.05, 3.63) is 0 Å². The first-order valence-corrected chi connectivity index (χ1v) is 2.44. The molecule has 0 aromatic rings. The number of rotatable bonds is 2. The van der Waals surface area contributed by atoms with E-state index in [9.17, 15) is 12.9 Å². The first-order chi connectivity index (χ1) is 4.15. The molecule has 0 aromatic heterocycles. The van der Waals surface area contributed by atoms with Crippen LogP contribution in [0.25, 0.3) is 0 Å². The van der Waals surface area contributed by atoms with Gasteiger partial charge in [0.2, 0.25) is 0 Å². The van der Waals surface area contributed by atoms with E-state index < -0.39 is 7.54 Å². The van der Waals surface area contributed by atoms with Gasteiger partial charge in [-0.05, 0) is 0 Å². The van der Waals surface area contributed by atoms with Crippen LogP contribution in [-0.4, -0.2) is 29.5 Å². The van der Waals surface area contributed by atoms with Gasteiger partial charge in [-0.1, -0.05) is 13.2 Å². The molecule has 0 nitrogen and oxygen atoms in total. The third-order valence-electron chi connectivity index (χ3n) is 0.372. The third-order valence-corrected chi connectivity index (χ3v) is 0.372. The Hall–Kier alpha value is 0.0497. The Bertz CT molecular complexity index is 38.0. The molecule has 0 spiro atoms. The summed E-state index contributed by atoms with van der Waals surface area (Å²) in [4.78, 5) is 0. The molecular weight excluding hydrogens is 124 g/mol. The summed E-state index contributed by atoms with van der Waals surface area (Å²) >= 11 is 0. The molecule has 0 unspecified atom stereocenters. The second-order valence-electron chi connectivity index (χ2n) is 1.08. The van der Waals surface area contributed by atoms with Crippen molar-refractivity contribution < 1.29 is 12.9 Å². The molecule has 0 saturated carbocycles. The molecule has 0 aliphatic carbocycles. The predicted octanol–water partition coefficient (Wildman–Crippen LogP) is 0.711. The molecule has 0 rings (SSSR count). The highest BCUT2D eigenvalue weighted by molar-refractivity contribution is 7.23. The van der Waals surface area contributed by atoms with Crippen LogP contribution in [0.2, 0.25) is 6.32 Å². The van der Waals surface area contributed by atoms with Crippen LogP contribution in [0.5, 0.6) is 0 Å². The third kappa shape index (κ3) is 70.1. The van der Waals surface area contributed by atoms with Crippen LogP contribution < -0.4 is 0 Å². The van der Waals surface area contributed by atoms with Crippen molar-refractivity contribution in [2.45, 2.75) is 13.2 Å². The molecule has 9 heavy (non-hydrogen) atoms. The lowest BCUT2D eigenvalue weighted by atomic mass is 9.27.